The van der Waals surface area contributed by atoms with E-state index in [1.54, 1.807) is 4.90 Å². The monoisotopic (exact) mass is 283 g/mol. The van der Waals surface area contributed by atoms with Gasteiger partial charge in [0.25, 0.3) is 0 Å². The highest BCUT2D eigenvalue weighted by atomic mass is 32.2. The van der Waals surface area contributed by atoms with Crippen LogP contribution < -0.4 is 0 Å². The predicted octanol–water partition coefficient (Wildman–Crippen LogP) is 0.0834. The Hall–Kier alpha value is -1.15. The minimum absolute atomic E-state index is 0.0206. The molecule has 1 amide bonds. The lowest BCUT2D eigenvalue weighted by atomic mass is 10.4. The molecule has 1 heterocycles. The highest BCUT2D eigenvalue weighted by molar-refractivity contribution is 7.99. The number of aliphatic hydroxyl groups is 1. The summed E-state index contributed by atoms with van der Waals surface area (Å²) in [6, 6.07) is 0.754. The van der Waals surface area contributed by atoms with Gasteiger partial charge in [0.05, 0.1) is 18.4 Å². The molecule has 2 saturated carbocycles. The predicted molar refractivity (Wildman–Crippen MR) is 68.6 cm³/mol. The first-order chi connectivity index (χ1) is 9.29. The molecule has 2 aliphatic carbocycles. The fraction of sp³-hybridized carbons (Fsp3) is 0.818. The molecule has 104 valence electrons. The molecule has 0 aliphatic heterocycles. The van der Waals surface area contributed by atoms with Crippen molar-refractivity contribution in [1.82, 2.24) is 25.1 Å². The zero-order chi connectivity index (χ0) is 13.2. The average Bonchev–Trinajstić information content (AvgIpc) is 3.32. The summed E-state index contributed by atoms with van der Waals surface area (Å²) in [5.74, 6) is 0.399. The number of nitrogens with zero attached hydrogens (tertiary/aromatic N) is 5. The highest BCUT2D eigenvalue weighted by Crippen LogP contribution is 2.36. The lowest BCUT2D eigenvalue weighted by Crippen LogP contribution is -2.36. The van der Waals surface area contributed by atoms with Crippen LogP contribution in [-0.2, 0) is 4.79 Å². The van der Waals surface area contributed by atoms with Crippen LogP contribution in [0.15, 0.2) is 5.16 Å². The maximum atomic E-state index is 12.1. The summed E-state index contributed by atoms with van der Waals surface area (Å²) in [7, 11) is 0. The standard InChI is InChI=1S/C11H17N5O2S/c17-6-5-15(8-1-2-8)10(18)7-19-11-12-13-14-16(11)9-3-4-9/h8-9,17H,1-7H2. The van der Waals surface area contributed by atoms with Gasteiger partial charge in [-0.3, -0.25) is 4.79 Å². The summed E-state index contributed by atoms with van der Waals surface area (Å²) in [4.78, 5) is 13.9. The van der Waals surface area contributed by atoms with Gasteiger partial charge in [-0.15, -0.1) is 5.10 Å². The fourth-order valence-corrected chi connectivity index (χ4v) is 2.87. The van der Waals surface area contributed by atoms with E-state index in [4.69, 9.17) is 5.11 Å². The normalized spacial score (nSPS) is 18.6. The van der Waals surface area contributed by atoms with Gasteiger partial charge >= 0.3 is 0 Å². The van der Waals surface area contributed by atoms with E-state index in [1.807, 2.05) is 4.68 Å². The smallest absolute Gasteiger partial charge is 0.233 e. The molecule has 2 aliphatic rings. The molecule has 0 unspecified atom stereocenters. The molecular weight excluding hydrogens is 266 g/mol. The Morgan fingerprint density at radius 2 is 2.21 bits per heavy atom. The number of amides is 1. The van der Waals surface area contributed by atoms with Gasteiger partial charge in [-0.05, 0) is 36.1 Å². The van der Waals surface area contributed by atoms with Gasteiger partial charge in [-0.25, -0.2) is 4.68 Å². The van der Waals surface area contributed by atoms with Crippen molar-refractivity contribution in [3.63, 3.8) is 0 Å². The van der Waals surface area contributed by atoms with Crippen LogP contribution in [0.3, 0.4) is 0 Å². The second-order valence-electron chi connectivity index (χ2n) is 4.97. The van der Waals surface area contributed by atoms with Crippen molar-refractivity contribution in [3.05, 3.63) is 0 Å². The number of carbonyl (C=O) groups excluding carboxylic acids is 1. The lowest BCUT2D eigenvalue weighted by molar-refractivity contribution is -0.129. The van der Waals surface area contributed by atoms with Gasteiger partial charge in [-0.1, -0.05) is 11.8 Å². The van der Waals surface area contributed by atoms with E-state index in [1.165, 1.54) is 11.8 Å². The van der Waals surface area contributed by atoms with Crippen LogP contribution in [0, 0.1) is 0 Å². The molecule has 0 aromatic carbocycles. The number of thioether (sulfide) groups is 1. The molecule has 1 aromatic heterocycles. The van der Waals surface area contributed by atoms with E-state index < -0.39 is 0 Å². The van der Waals surface area contributed by atoms with Crippen molar-refractivity contribution in [2.24, 2.45) is 0 Å². The van der Waals surface area contributed by atoms with Crippen LogP contribution in [0.25, 0.3) is 0 Å². The van der Waals surface area contributed by atoms with E-state index in [-0.39, 0.29) is 12.5 Å². The number of tetrazole rings is 1. The third-order valence-corrected chi connectivity index (χ3v) is 4.25. The van der Waals surface area contributed by atoms with E-state index in [0.717, 1.165) is 30.8 Å². The Balaban J connectivity index is 1.55. The Morgan fingerprint density at radius 1 is 1.42 bits per heavy atom. The lowest BCUT2D eigenvalue weighted by Gasteiger charge is -2.20. The van der Waals surface area contributed by atoms with Gasteiger partial charge in [0.2, 0.25) is 11.1 Å². The molecule has 2 fully saturated rings. The molecule has 0 atom stereocenters. The summed E-state index contributed by atoms with van der Waals surface area (Å²) in [5.41, 5.74) is 0. The molecule has 1 aromatic rings. The molecule has 7 nitrogen and oxygen atoms in total. The molecule has 0 saturated heterocycles. The van der Waals surface area contributed by atoms with Gasteiger partial charge in [0, 0.05) is 12.6 Å². The first kappa shape index (κ1) is 12.9. The maximum Gasteiger partial charge on any atom is 0.233 e. The van der Waals surface area contributed by atoms with E-state index in [9.17, 15) is 4.79 Å². The Bertz CT molecular complexity index is 458. The van der Waals surface area contributed by atoms with Crippen molar-refractivity contribution in [2.45, 2.75) is 42.9 Å². The average molecular weight is 283 g/mol. The van der Waals surface area contributed by atoms with E-state index in [2.05, 4.69) is 15.5 Å². The summed E-state index contributed by atoms with van der Waals surface area (Å²) in [6.07, 6.45) is 4.34. The third-order valence-electron chi connectivity index (χ3n) is 3.33. The van der Waals surface area contributed by atoms with Crippen LogP contribution in [0.2, 0.25) is 0 Å². The summed E-state index contributed by atoms with van der Waals surface area (Å²) >= 11 is 1.38. The molecule has 1 N–H and O–H groups in total. The molecule has 19 heavy (non-hydrogen) atoms. The zero-order valence-corrected chi connectivity index (χ0v) is 11.4. The van der Waals surface area contributed by atoms with Crippen LogP contribution in [0.4, 0.5) is 0 Å². The van der Waals surface area contributed by atoms with Crippen molar-refractivity contribution >= 4 is 17.7 Å². The van der Waals surface area contributed by atoms with E-state index in [0.29, 0.717) is 24.4 Å². The summed E-state index contributed by atoms with van der Waals surface area (Å²) in [6.45, 7) is 0.449. The van der Waals surface area contributed by atoms with E-state index >= 15 is 0 Å². The number of aliphatic hydroxyl groups excluding tert-OH is 1. The van der Waals surface area contributed by atoms with Gasteiger partial charge in [0.1, 0.15) is 0 Å². The van der Waals surface area contributed by atoms with Crippen LogP contribution >= 0.6 is 11.8 Å². The van der Waals surface area contributed by atoms with Crippen molar-refractivity contribution < 1.29 is 9.90 Å². The highest BCUT2D eigenvalue weighted by Gasteiger charge is 2.33. The zero-order valence-electron chi connectivity index (χ0n) is 10.6. The van der Waals surface area contributed by atoms with Crippen LogP contribution in [-0.4, -0.2) is 61.1 Å². The summed E-state index contributed by atoms with van der Waals surface area (Å²) < 4.78 is 1.81. The van der Waals surface area contributed by atoms with Gasteiger partial charge in [-0.2, -0.15) is 0 Å². The Labute approximate surface area is 115 Å². The molecule has 0 bridgehead atoms. The maximum absolute atomic E-state index is 12.1. The Morgan fingerprint density at radius 3 is 2.84 bits per heavy atom. The fourth-order valence-electron chi connectivity index (χ4n) is 2.04. The third kappa shape index (κ3) is 3.06. The first-order valence-corrected chi connectivity index (χ1v) is 7.59. The molecule has 0 radical (unpaired) electrons. The topological polar surface area (TPSA) is 84.1 Å². The second-order valence-corrected chi connectivity index (χ2v) is 5.91. The Kier molecular flexibility index (Phi) is 3.69. The minimum Gasteiger partial charge on any atom is -0.395 e. The minimum atomic E-state index is 0.0206. The van der Waals surface area contributed by atoms with Gasteiger partial charge < -0.3 is 10.0 Å². The molecule has 0 spiro atoms. The quantitative estimate of drug-likeness (QED) is 0.714. The molecule has 8 heteroatoms. The first-order valence-electron chi connectivity index (χ1n) is 6.60. The SMILES string of the molecule is O=C(CSc1nnnn1C1CC1)N(CCO)C1CC1. The van der Waals surface area contributed by atoms with Crippen molar-refractivity contribution in [3.8, 4) is 0 Å². The van der Waals surface area contributed by atoms with Crippen LogP contribution in [0.1, 0.15) is 31.7 Å². The van der Waals surface area contributed by atoms with Crippen molar-refractivity contribution in [1.29, 1.82) is 0 Å². The number of hydrogen-bond acceptors (Lipinski definition) is 6. The number of carbonyl (C=O) groups is 1. The number of rotatable bonds is 7. The largest absolute Gasteiger partial charge is 0.395 e. The number of aromatic nitrogens is 4. The van der Waals surface area contributed by atoms with Crippen LogP contribution in [0.5, 0.6) is 0 Å². The van der Waals surface area contributed by atoms with Crippen molar-refractivity contribution in [2.75, 3.05) is 18.9 Å². The molecular formula is C11H17N5O2S. The second kappa shape index (κ2) is 5.46. The van der Waals surface area contributed by atoms with Gasteiger partial charge in [0.15, 0.2) is 0 Å². The number of hydrogen-bond donors (Lipinski definition) is 1. The summed E-state index contributed by atoms with van der Waals surface area (Å²) in [5, 5.41) is 21.3. The molecule has 3 rings (SSSR count).